The lowest BCUT2D eigenvalue weighted by atomic mass is 10.2. The predicted molar refractivity (Wildman–Crippen MR) is 28.0 cm³/mol. The summed E-state index contributed by atoms with van der Waals surface area (Å²) in [6.45, 7) is 1.88. The third kappa shape index (κ3) is 0.981. The number of nitrogens with zero attached hydrogens (tertiary/aromatic N) is 1. The molecule has 1 atom stereocenters. The van der Waals surface area contributed by atoms with Crippen LogP contribution in [-0.4, -0.2) is 6.04 Å². The van der Waals surface area contributed by atoms with E-state index in [0.717, 1.165) is 0 Å². The van der Waals surface area contributed by atoms with Crippen LogP contribution < -0.4 is 0 Å². The van der Waals surface area contributed by atoms with Gasteiger partial charge in [0.2, 0.25) is 0 Å². The molecular formula is C5H9NO. The van der Waals surface area contributed by atoms with Crippen LogP contribution in [0.25, 0.3) is 0 Å². The molecule has 7 heavy (non-hydrogen) atoms. The Bertz CT molecular complexity index is 78.1. The average Bonchev–Trinajstić information content (AvgIpc) is 2.44. The molecule has 0 aromatic rings. The lowest BCUT2D eigenvalue weighted by Crippen LogP contribution is -1.96. The smallest absolute Gasteiger partial charge is 0.0919 e. The van der Waals surface area contributed by atoms with Crippen molar-refractivity contribution < 1.29 is 0 Å². The Kier molecular flexibility index (Phi) is 1.09. The van der Waals surface area contributed by atoms with Crippen molar-refractivity contribution in [3.8, 4) is 0 Å². The van der Waals surface area contributed by atoms with Crippen LogP contribution in [-0.2, 0) is 0 Å². The van der Waals surface area contributed by atoms with Gasteiger partial charge in [0.05, 0.1) is 6.04 Å². The van der Waals surface area contributed by atoms with Crippen molar-refractivity contribution >= 4 is 0 Å². The van der Waals surface area contributed by atoms with Crippen molar-refractivity contribution in [2.24, 2.45) is 11.1 Å². The Morgan fingerprint density at radius 1 is 1.71 bits per heavy atom. The minimum Gasteiger partial charge on any atom is -0.151 e. The molecule has 0 radical (unpaired) electrons. The zero-order valence-electron chi connectivity index (χ0n) is 4.42. The first-order chi connectivity index (χ1) is 3.34. The molecule has 2 nitrogen and oxygen atoms in total. The van der Waals surface area contributed by atoms with Gasteiger partial charge in [-0.15, -0.1) is 0 Å². The van der Waals surface area contributed by atoms with Crippen LogP contribution in [0.5, 0.6) is 0 Å². The average molecular weight is 99.1 g/mol. The number of hydrogen-bond acceptors (Lipinski definition) is 2. The van der Waals surface area contributed by atoms with E-state index in [1.807, 2.05) is 6.92 Å². The van der Waals surface area contributed by atoms with Gasteiger partial charge in [0, 0.05) is 0 Å². The molecule has 1 aliphatic rings. The zero-order chi connectivity index (χ0) is 5.28. The van der Waals surface area contributed by atoms with Crippen molar-refractivity contribution in [2.75, 3.05) is 0 Å². The Hall–Kier alpha value is -0.400. The summed E-state index contributed by atoms with van der Waals surface area (Å²) in [5, 5.41) is 2.90. The Morgan fingerprint density at radius 3 is 2.43 bits per heavy atom. The first kappa shape index (κ1) is 4.75. The molecule has 0 bridgehead atoms. The fourth-order valence-electron chi connectivity index (χ4n) is 0.665. The predicted octanol–water partition coefficient (Wildman–Crippen LogP) is 1.55. The van der Waals surface area contributed by atoms with Crippen molar-refractivity contribution in [2.45, 2.75) is 25.8 Å². The molecule has 40 valence electrons. The van der Waals surface area contributed by atoms with Crippen LogP contribution in [0.1, 0.15) is 19.8 Å². The van der Waals surface area contributed by atoms with Crippen molar-refractivity contribution in [1.29, 1.82) is 0 Å². The third-order valence-electron chi connectivity index (χ3n) is 1.47. The summed E-state index contributed by atoms with van der Waals surface area (Å²) in [5.41, 5.74) is 0. The van der Waals surface area contributed by atoms with E-state index in [4.69, 9.17) is 0 Å². The lowest BCUT2D eigenvalue weighted by Gasteiger charge is -1.91. The molecule has 0 aromatic heterocycles. The second kappa shape index (κ2) is 1.60. The Morgan fingerprint density at radius 2 is 2.29 bits per heavy atom. The van der Waals surface area contributed by atoms with Crippen LogP contribution in [0.15, 0.2) is 5.18 Å². The number of rotatable bonds is 2. The molecule has 0 aromatic carbocycles. The van der Waals surface area contributed by atoms with Crippen LogP contribution in [0.4, 0.5) is 0 Å². The summed E-state index contributed by atoms with van der Waals surface area (Å²) in [5.74, 6) is 0.637. The maximum Gasteiger partial charge on any atom is 0.0919 e. The van der Waals surface area contributed by atoms with Crippen LogP contribution >= 0.6 is 0 Å². The second-order valence-corrected chi connectivity index (χ2v) is 2.18. The summed E-state index contributed by atoms with van der Waals surface area (Å²) in [7, 11) is 0. The molecule has 1 rings (SSSR count). The van der Waals surface area contributed by atoms with Crippen molar-refractivity contribution in [3.05, 3.63) is 4.91 Å². The Labute approximate surface area is 42.9 Å². The van der Waals surface area contributed by atoms with Gasteiger partial charge in [-0.3, -0.25) is 0 Å². The summed E-state index contributed by atoms with van der Waals surface area (Å²) in [6.07, 6.45) is 2.43. The first-order valence-electron chi connectivity index (χ1n) is 2.67. The molecule has 0 aliphatic heterocycles. The maximum atomic E-state index is 9.74. The van der Waals surface area contributed by atoms with E-state index >= 15 is 0 Å². The quantitative estimate of drug-likeness (QED) is 0.483. The molecule has 0 heterocycles. The minimum atomic E-state index is 0.0833. The van der Waals surface area contributed by atoms with E-state index < -0.39 is 0 Å². The molecule has 0 spiro atoms. The van der Waals surface area contributed by atoms with E-state index in [1.165, 1.54) is 12.8 Å². The summed E-state index contributed by atoms with van der Waals surface area (Å²) < 4.78 is 0. The highest BCUT2D eigenvalue weighted by Crippen LogP contribution is 2.33. The second-order valence-electron chi connectivity index (χ2n) is 2.18. The number of hydrogen-bond donors (Lipinski definition) is 0. The largest absolute Gasteiger partial charge is 0.151 e. The molecular weight excluding hydrogens is 90.1 g/mol. The normalized spacial score (nSPS) is 24.1. The lowest BCUT2D eigenvalue weighted by molar-refractivity contribution is 0.647. The molecule has 0 saturated heterocycles. The fourth-order valence-corrected chi connectivity index (χ4v) is 0.665. The molecule has 1 saturated carbocycles. The topological polar surface area (TPSA) is 29.4 Å². The van der Waals surface area contributed by atoms with Gasteiger partial charge in [0.15, 0.2) is 0 Å². The zero-order valence-corrected chi connectivity index (χ0v) is 4.42. The van der Waals surface area contributed by atoms with Gasteiger partial charge in [0.1, 0.15) is 0 Å². The van der Waals surface area contributed by atoms with E-state index in [9.17, 15) is 4.91 Å². The van der Waals surface area contributed by atoms with Crippen LogP contribution in [0, 0.1) is 10.8 Å². The molecule has 0 N–H and O–H groups in total. The highest BCUT2D eigenvalue weighted by atomic mass is 16.3. The molecule has 0 amide bonds. The third-order valence-corrected chi connectivity index (χ3v) is 1.47. The van der Waals surface area contributed by atoms with E-state index in [2.05, 4.69) is 5.18 Å². The summed E-state index contributed by atoms with van der Waals surface area (Å²) in [4.78, 5) is 9.74. The van der Waals surface area contributed by atoms with Gasteiger partial charge in [-0.05, 0) is 25.7 Å². The van der Waals surface area contributed by atoms with Crippen molar-refractivity contribution in [1.82, 2.24) is 0 Å². The summed E-state index contributed by atoms with van der Waals surface area (Å²) in [6, 6.07) is 0.0833. The molecule has 1 fully saturated rings. The van der Waals surface area contributed by atoms with Crippen molar-refractivity contribution in [3.63, 3.8) is 0 Å². The van der Waals surface area contributed by atoms with Gasteiger partial charge >= 0.3 is 0 Å². The van der Waals surface area contributed by atoms with E-state index in [-0.39, 0.29) is 6.04 Å². The first-order valence-corrected chi connectivity index (χ1v) is 2.67. The Balaban J connectivity index is 2.22. The highest BCUT2D eigenvalue weighted by molar-refractivity contribution is 4.82. The van der Waals surface area contributed by atoms with Gasteiger partial charge in [-0.1, -0.05) is 5.18 Å². The van der Waals surface area contributed by atoms with Gasteiger partial charge in [-0.25, -0.2) is 0 Å². The fraction of sp³-hybridized carbons (Fsp3) is 1.00. The highest BCUT2D eigenvalue weighted by Gasteiger charge is 2.28. The minimum absolute atomic E-state index is 0.0833. The van der Waals surface area contributed by atoms with Gasteiger partial charge < -0.3 is 0 Å². The monoisotopic (exact) mass is 99.1 g/mol. The molecule has 0 unspecified atom stereocenters. The van der Waals surface area contributed by atoms with Gasteiger partial charge in [0.25, 0.3) is 0 Å². The van der Waals surface area contributed by atoms with E-state index in [1.54, 1.807) is 0 Å². The van der Waals surface area contributed by atoms with E-state index in [0.29, 0.717) is 5.92 Å². The molecule has 2 heteroatoms. The summed E-state index contributed by atoms with van der Waals surface area (Å²) >= 11 is 0. The standard InChI is InChI=1S/C5H9NO/c1-4(6-7)5-2-3-5/h4-5H,2-3H2,1H3/t4-/m1/s1. The number of nitroso groups, excluding NO2 is 1. The van der Waals surface area contributed by atoms with Crippen LogP contribution in [0.2, 0.25) is 0 Å². The molecule has 1 aliphatic carbocycles. The SMILES string of the molecule is C[C@@H](N=O)C1CC1. The van der Waals surface area contributed by atoms with Crippen LogP contribution in [0.3, 0.4) is 0 Å². The van der Waals surface area contributed by atoms with Gasteiger partial charge in [-0.2, -0.15) is 4.91 Å². The maximum absolute atomic E-state index is 9.74.